The number of hydrogen-bond donors (Lipinski definition) is 2. The number of benzene rings is 2. The third-order valence-electron chi connectivity index (χ3n) is 4.13. The Morgan fingerprint density at radius 1 is 1.00 bits per heavy atom. The fourth-order valence-corrected chi connectivity index (χ4v) is 4.47. The van der Waals surface area contributed by atoms with Crippen LogP contribution in [0.1, 0.15) is 0 Å². The fraction of sp³-hybridized carbons (Fsp3) is 0.100. The second-order valence-electron chi connectivity index (χ2n) is 6.34. The second kappa shape index (κ2) is 7.57. The Morgan fingerprint density at radius 3 is 2.39 bits per heavy atom. The zero-order valence-corrected chi connectivity index (χ0v) is 16.9. The normalized spacial score (nSPS) is 10.8. The van der Waals surface area contributed by atoms with Crippen LogP contribution in [0.2, 0.25) is 0 Å². The van der Waals surface area contributed by atoms with Crippen molar-refractivity contribution in [2.45, 2.75) is 0 Å². The Kier molecular flexibility index (Phi) is 4.97. The van der Waals surface area contributed by atoms with Crippen molar-refractivity contribution < 1.29 is 4.39 Å². The molecule has 3 N–H and O–H groups in total. The molecule has 0 saturated carbocycles. The van der Waals surface area contributed by atoms with Crippen LogP contribution in [0.5, 0.6) is 0 Å². The van der Waals surface area contributed by atoms with Gasteiger partial charge in [-0.25, -0.2) is 14.4 Å². The highest BCUT2D eigenvalue weighted by molar-refractivity contribution is 7.23. The zero-order chi connectivity index (χ0) is 19.7. The maximum absolute atomic E-state index is 13.1. The van der Waals surface area contributed by atoms with Gasteiger partial charge in [0.1, 0.15) is 21.5 Å². The number of nitrogens with one attached hydrogen (secondary N) is 1. The molecule has 8 heteroatoms. The number of nitrogens with two attached hydrogens (primary N) is 1. The van der Waals surface area contributed by atoms with E-state index in [0.29, 0.717) is 10.9 Å². The summed E-state index contributed by atoms with van der Waals surface area (Å²) in [6, 6.07) is 14.4. The van der Waals surface area contributed by atoms with Gasteiger partial charge < -0.3 is 16.0 Å². The number of rotatable bonds is 5. The molecule has 2 heterocycles. The first-order valence-electron chi connectivity index (χ1n) is 8.52. The predicted molar refractivity (Wildman–Crippen MR) is 117 cm³/mol. The minimum atomic E-state index is -0.264. The Balaban J connectivity index is 1.55. The van der Waals surface area contributed by atoms with E-state index >= 15 is 0 Å². The number of anilines is 4. The average Bonchev–Trinajstić information content (AvgIpc) is 3.29. The number of nitrogens with zero attached hydrogens (tertiary/aromatic N) is 3. The molecule has 0 fully saturated rings. The van der Waals surface area contributed by atoms with Crippen LogP contribution >= 0.6 is 22.7 Å². The van der Waals surface area contributed by atoms with Gasteiger partial charge >= 0.3 is 0 Å². The zero-order valence-electron chi connectivity index (χ0n) is 15.3. The number of nitrogen functional groups attached to an aromatic ring is 1. The first-order chi connectivity index (χ1) is 13.5. The molecule has 4 rings (SSSR count). The van der Waals surface area contributed by atoms with E-state index in [-0.39, 0.29) is 5.82 Å². The van der Waals surface area contributed by atoms with Crippen LogP contribution < -0.4 is 16.0 Å². The predicted octanol–water partition coefficient (Wildman–Crippen LogP) is 5.46. The lowest BCUT2D eigenvalue weighted by Gasteiger charge is -2.12. The molecule has 0 aliphatic rings. The van der Waals surface area contributed by atoms with Gasteiger partial charge in [-0.15, -0.1) is 11.3 Å². The maximum Gasteiger partial charge on any atom is 0.189 e. The van der Waals surface area contributed by atoms with Crippen molar-refractivity contribution in [3.8, 4) is 21.1 Å². The lowest BCUT2D eigenvalue weighted by molar-refractivity contribution is 0.628. The maximum atomic E-state index is 13.1. The van der Waals surface area contributed by atoms with Gasteiger partial charge in [-0.2, -0.15) is 0 Å². The number of thiazole rings is 2. The third kappa shape index (κ3) is 3.83. The highest BCUT2D eigenvalue weighted by atomic mass is 32.1. The molecule has 0 unspecified atom stereocenters. The quantitative estimate of drug-likeness (QED) is 0.456. The van der Waals surface area contributed by atoms with E-state index in [4.69, 9.17) is 5.73 Å². The monoisotopic (exact) mass is 411 g/mol. The van der Waals surface area contributed by atoms with Gasteiger partial charge in [-0.1, -0.05) is 11.3 Å². The van der Waals surface area contributed by atoms with Crippen LogP contribution in [0.4, 0.5) is 26.7 Å². The number of aromatic nitrogens is 2. The lowest BCUT2D eigenvalue weighted by Crippen LogP contribution is -2.08. The molecule has 5 nitrogen and oxygen atoms in total. The standard InChI is InChI=1S/C20H18FN5S2/c1-26(2)15-9-7-14(8-10-15)23-20-25-18(22)17(28-20)19-24-16(11-27-19)12-3-5-13(21)6-4-12/h3-11H,22H2,1-2H3,(H,23,25). The van der Waals surface area contributed by atoms with E-state index in [9.17, 15) is 4.39 Å². The Bertz CT molecular complexity index is 1080. The summed E-state index contributed by atoms with van der Waals surface area (Å²) in [4.78, 5) is 11.9. The van der Waals surface area contributed by atoms with Gasteiger partial charge in [0.05, 0.1) is 5.69 Å². The number of hydrogen-bond acceptors (Lipinski definition) is 7. The van der Waals surface area contributed by atoms with Gasteiger partial charge in [0.2, 0.25) is 0 Å². The van der Waals surface area contributed by atoms with Crippen molar-refractivity contribution >= 4 is 45.0 Å². The van der Waals surface area contributed by atoms with E-state index in [1.54, 1.807) is 12.1 Å². The summed E-state index contributed by atoms with van der Waals surface area (Å²) in [6.45, 7) is 0. The Morgan fingerprint density at radius 2 is 1.71 bits per heavy atom. The summed E-state index contributed by atoms with van der Waals surface area (Å²) in [6.07, 6.45) is 0. The van der Waals surface area contributed by atoms with Gasteiger partial charge in [-0.3, -0.25) is 0 Å². The second-order valence-corrected chi connectivity index (χ2v) is 8.20. The van der Waals surface area contributed by atoms with Crippen LogP contribution in [-0.4, -0.2) is 24.1 Å². The SMILES string of the molecule is CN(C)c1ccc(Nc2nc(N)c(-c3nc(-c4ccc(F)cc4)cs3)s2)cc1. The summed E-state index contributed by atoms with van der Waals surface area (Å²) >= 11 is 2.95. The van der Waals surface area contributed by atoms with E-state index < -0.39 is 0 Å². The molecule has 0 saturated heterocycles. The molecule has 0 aliphatic carbocycles. The first-order valence-corrected chi connectivity index (χ1v) is 10.2. The van der Waals surface area contributed by atoms with E-state index in [1.807, 2.05) is 48.6 Å². The summed E-state index contributed by atoms with van der Waals surface area (Å²) in [5, 5.41) is 6.74. The Labute approximate surface area is 170 Å². The molecule has 0 spiro atoms. The fourth-order valence-electron chi connectivity index (χ4n) is 2.64. The summed E-state index contributed by atoms with van der Waals surface area (Å²) in [7, 11) is 4.01. The molecule has 0 radical (unpaired) electrons. The lowest BCUT2D eigenvalue weighted by atomic mass is 10.2. The van der Waals surface area contributed by atoms with Crippen LogP contribution in [-0.2, 0) is 0 Å². The summed E-state index contributed by atoms with van der Waals surface area (Å²) in [5.41, 5.74) is 9.86. The van der Waals surface area contributed by atoms with Crippen LogP contribution in [0.25, 0.3) is 21.1 Å². The molecule has 2 aromatic heterocycles. The van der Waals surface area contributed by atoms with Crippen molar-refractivity contribution in [1.82, 2.24) is 9.97 Å². The minimum Gasteiger partial charge on any atom is -0.382 e. The number of halogens is 1. The molecular weight excluding hydrogens is 393 g/mol. The highest BCUT2D eigenvalue weighted by Crippen LogP contribution is 2.39. The molecule has 28 heavy (non-hydrogen) atoms. The van der Waals surface area contributed by atoms with Gasteiger partial charge in [0, 0.05) is 36.4 Å². The van der Waals surface area contributed by atoms with Gasteiger partial charge in [-0.05, 0) is 48.5 Å². The molecular formula is C20H18FN5S2. The van der Waals surface area contributed by atoms with Crippen LogP contribution in [0.3, 0.4) is 0 Å². The smallest absolute Gasteiger partial charge is 0.189 e. The molecule has 0 atom stereocenters. The first kappa shape index (κ1) is 18.4. The van der Waals surface area contributed by atoms with E-state index in [1.165, 1.54) is 34.8 Å². The molecule has 0 aliphatic heterocycles. The van der Waals surface area contributed by atoms with Crippen LogP contribution in [0.15, 0.2) is 53.9 Å². The van der Waals surface area contributed by atoms with Crippen molar-refractivity contribution in [2.24, 2.45) is 0 Å². The van der Waals surface area contributed by atoms with E-state index in [2.05, 4.69) is 15.3 Å². The molecule has 4 aromatic rings. The highest BCUT2D eigenvalue weighted by Gasteiger charge is 2.15. The molecule has 0 amide bonds. The largest absolute Gasteiger partial charge is 0.382 e. The summed E-state index contributed by atoms with van der Waals surface area (Å²) in [5.74, 6) is 0.178. The third-order valence-corrected chi connectivity index (χ3v) is 6.11. The molecule has 0 bridgehead atoms. The average molecular weight is 412 g/mol. The molecule has 142 valence electrons. The van der Waals surface area contributed by atoms with Crippen LogP contribution in [0, 0.1) is 5.82 Å². The topological polar surface area (TPSA) is 67.1 Å². The van der Waals surface area contributed by atoms with E-state index in [0.717, 1.165) is 32.5 Å². The van der Waals surface area contributed by atoms with Gasteiger partial charge in [0.25, 0.3) is 0 Å². The van der Waals surface area contributed by atoms with Crippen molar-refractivity contribution in [1.29, 1.82) is 0 Å². The summed E-state index contributed by atoms with van der Waals surface area (Å²) < 4.78 is 13.1. The molecule has 2 aromatic carbocycles. The minimum absolute atomic E-state index is 0.264. The van der Waals surface area contributed by atoms with Crippen molar-refractivity contribution in [3.63, 3.8) is 0 Å². The van der Waals surface area contributed by atoms with Crippen molar-refractivity contribution in [3.05, 3.63) is 59.7 Å². The Hall–Kier alpha value is -2.97. The van der Waals surface area contributed by atoms with Gasteiger partial charge in [0.15, 0.2) is 5.13 Å². The van der Waals surface area contributed by atoms with Crippen molar-refractivity contribution in [2.75, 3.05) is 30.0 Å².